The first-order chi connectivity index (χ1) is 15.0. The molecule has 2 aliphatic heterocycles. The lowest BCUT2D eigenvalue weighted by atomic mass is 9.98. The van der Waals surface area contributed by atoms with Gasteiger partial charge in [-0.15, -0.1) is 0 Å². The molecule has 8 heteroatoms. The first-order valence-electron chi connectivity index (χ1n) is 10.6. The molecule has 8 nitrogen and oxygen atoms in total. The third kappa shape index (κ3) is 3.77. The van der Waals surface area contributed by atoms with Crippen LogP contribution in [0.1, 0.15) is 41.6 Å². The number of nitrogens with one attached hydrogen (secondary N) is 1. The van der Waals surface area contributed by atoms with Gasteiger partial charge in [-0.2, -0.15) is 5.10 Å². The van der Waals surface area contributed by atoms with Crippen LogP contribution in [0.4, 0.5) is 5.82 Å². The van der Waals surface area contributed by atoms with Gasteiger partial charge in [0.25, 0.3) is 5.91 Å². The van der Waals surface area contributed by atoms with E-state index in [1.54, 1.807) is 28.9 Å². The molecule has 164 valence electrons. The standard InChI is InChI=1S/C23H29N5O3/c1-4-6-15(5-2)20(12-29)26-22-21-14(3)19(11-27(21)25-13-24-22)23(31)28-16-7-8-17(28)10-18(30)9-16/h4-6,11,13,16-18,20,29-30H,1-2,7-10,12H2,3H3,(H,24,25,26)/b15-6+/t16?,17?,18?,20-/m1/s1. The Kier molecular flexibility index (Phi) is 5.93. The Hall–Kier alpha value is -2.97. The molecule has 0 aromatic carbocycles. The summed E-state index contributed by atoms with van der Waals surface area (Å²) in [7, 11) is 0. The summed E-state index contributed by atoms with van der Waals surface area (Å²) >= 11 is 0. The van der Waals surface area contributed by atoms with Gasteiger partial charge in [-0.25, -0.2) is 9.50 Å². The van der Waals surface area contributed by atoms with Crippen LogP contribution in [-0.2, 0) is 0 Å². The molecule has 3 N–H and O–H groups in total. The summed E-state index contributed by atoms with van der Waals surface area (Å²) in [5.74, 6) is 0.504. The van der Waals surface area contributed by atoms with Crippen molar-refractivity contribution in [1.82, 2.24) is 19.5 Å². The molecule has 0 saturated carbocycles. The van der Waals surface area contributed by atoms with Gasteiger partial charge in [0.2, 0.25) is 0 Å². The lowest BCUT2D eigenvalue weighted by Crippen LogP contribution is -2.48. The van der Waals surface area contributed by atoms with E-state index in [0.29, 0.717) is 29.7 Å². The first-order valence-corrected chi connectivity index (χ1v) is 10.6. The first kappa shape index (κ1) is 21.3. The lowest BCUT2D eigenvalue weighted by molar-refractivity contribution is 0.0286. The highest BCUT2D eigenvalue weighted by atomic mass is 16.3. The molecular weight excluding hydrogens is 394 g/mol. The molecule has 2 unspecified atom stereocenters. The van der Waals surface area contributed by atoms with E-state index in [2.05, 4.69) is 28.6 Å². The fraction of sp³-hybridized carbons (Fsp3) is 0.435. The maximum absolute atomic E-state index is 13.5. The monoisotopic (exact) mass is 423 g/mol. The highest BCUT2D eigenvalue weighted by Gasteiger charge is 2.43. The van der Waals surface area contributed by atoms with Crippen molar-refractivity contribution in [3.63, 3.8) is 0 Å². The lowest BCUT2D eigenvalue weighted by Gasteiger charge is -2.37. The number of carbonyl (C=O) groups is 1. The Bertz CT molecular complexity index is 1030. The Labute approximate surface area is 181 Å². The number of aryl methyl sites for hydroxylation is 1. The van der Waals surface area contributed by atoms with Gasteiger partial charge in [0.1, 0.15) is 11.8 Å². The van der Waals surface area contributed by atoms with Gasteiger partial charge >= 0.3 is 0 Å². The van der Waals surface area contributed by atoms with Crippen molar-refractivity contribution in [1.29, 1.82) is 0 Å². The summed E-state index contributed by atoms with van der Waals surface area (Å²) in [6.45, 7) is 9.23. The molecule has 2 saturated heterocycles. The van der Waals surface area contributed by atoms with E-state index < -0.39 is 6.04 Å². The number of rotatable bonds is 7. The van der Waals surface area contributed by atoms with Crippen LogP contribution in [0.15, 0.2) is 49.5 Å². The summed E-state index contributed by atoms with van der Waals surface area (Å²) in [6.07, 6.45) is 11.1. The van der Waals surface area contributed by atoms with Gasteiger partial charge in [0, 0.05) is 18.3 Å². The zero-order chi connectivity index (χ0) is 22.1. The second-order valence-corrected chi connectivity index (χ2v) is 8.28. The molecule has 2 fully saturated rings. The minimum absolute atomic E-state index is 0.0228. The van der Waals surface area contributed by atoms with E-state index >= 15 is 0 Å². The van der Waals surface area contributed by atoms with Crippen LogP contribution in [0.2, 0.25) is 0 Å². The van der Waals surface area contributed by atoms with Crippen molar-refractivity contribution in [3.05, 3.63) is 60.6 Å². The molecule has 3 atom stereocenters. The van der Waals surface area contributed by atoms with Gasteiger partial charge < -0.3 is 20.4 Å². The maximum Gasteiger partial charge on any atom is 0.256 e. The normalized spacial score (nSPS) is 24.3. The Morgan fingerprint density at radius 1 is 1.35 bits per heavy atom. The number of nitrogens with zero attached hydrogens (tertiary/aromatic N) is 4. The minimum atomic E-state index is -0.429. The number of hydrogen-bond donors (Lipinski definition) is 3. The second-order valence-electron chi connectivity index (χ2n) is 8.28. The van der Waals surface area contributed by atoms with Gasteiger partial charge in [0.05, 0.1) is 24.3 Å². The predicted molar refractivity (Wildman–Crippen MR) is 119 cm³/mol. The van der Waals surface area contributed by atoms with E-state index in [0.717, 1.165) is 24.0 Å². The van der Waals surface area contributed by atoms with Crippen molar-refractivity contribution in [3.8, 4) is 0 Å². The van der Waals surface area contributed by atoms with Crippen LogP contribution in [0.3, 0.4) is 0 Å². The number of fused-ring (bicyclic) bond motifs is 3. The summed E-state index contributed by atoms with van der Waals surface area (Å²) in [4.78, 5) is 19.8. The summed E-state index contributed by atoms with van der Waals surface area (Å²) in [5, 5.41) is 27.5. The maximum atomic E-state index is 13.5. The average Bonchev–Trinajstić information content (AvgIpc) is 3.24. The molecule has 2 aliphatic rings. The third-order valence-electron chi connectivity index (χ3n) is 6.44. The number of aromatic nitrogens is 3. The number of allylic oxidation sites excluding steroid dienone is 2. The van der Waals surface area contributed by atoms with Crippen LogP contribution in [0, 0.1) is 6.92 Å². The van der Waals surface area contributed by atoms with Gasteiger partial charge in [-0.1, -0.05) is 31.4 Å². The van der Waals surface area contributed by atoms with Crippen molar-refractivity contribution in [2.75, 3.05) is 11.9 Å². The molecule has 4 heterocycles. The fourth-order valence-electron chi connectivity index (χ4n) is 4.96. The molecule has 0 aliphatic carbocycles. The Morgan fingerprint density at radius 2 is 2.06 bits per heavy atom. The Morgan fingerprint density at radius 3 is 2.68 bits per heavy atom. The van der Waals surface area contributed by atoms with Crippen molar-refractivity contribution >= 4 is 17.2 Å². The number of hydrogen-bond acceptors (Lipinski definition) is 6. The van der Waals surface area contributed by atoms with Crippen molar-refractivity contribution < 1.29 is 15.0 Å². The molecule has 31 heavy (non-hydrogen) atoms. The molecule has 0 spiro atoms. The third-order valence-corrected chi connectivity index (χ3v) is 6.44. The van der Waals surface area contributed by atoms with Crippen molar-refractivity contribution in [2.45, 2.75) is 56.8 Å². The van der Waals surface area contributed by atoms with Crippen LogP contribution >= 0.6 is 0 Å². The number of piperidine rings is 1. The largest absolute Gasteiger partial charge is 0.394 e. The molecule has 1 amide bonds. The number of amides is 1. The number of anilines is 1. The Balaban J connectivity index is 1.69. The molecule has 2 aromatic rings. The summed E-state index contributed by atoms with van der Waals surface area (Å²) < 4.78 is 1.65. The molecule has 4 rings (SSSR count). The summed E-state index contributed by atoms with van der Waals surface area (Å²) in [6, 6.07) is -0.252. The second kappa shape index (κ2) is 8.64. The van der Waals surface area contributed by atoms with Gasteiger partial charge in [-0.05, 0) is 43.7 Å². The van der Waals surface area contributed by atoms with E-state index in [-0.39, 0.29) is 30.7 Å². The highest BCUT2D eigenvalue weighted by Crippen LogP contribution is 2.37. The smallest absolute Gasteiger partial charge is 0.256 e. The zero-order valence-corrected chi connectivity index (χ0v) is 17.7. The molecular formula is C23H29N5O3. The highest BCUT2D eigenvalue weighted by molar-refractivity contribution is 5.99. The number of carbonyl (C=O) groups excluding carboxylic acids is 1. The van der Waals surface area contributed by atoms with Crippen LogP contribution in [0.5, 0.6) is 0 Å². The van der Waals surface area contributed by atoms with E-state index in [9.17, 15) is 15.0 Å². The van der Waals surface area contributed by atoms with Crippen LogP contribution in [-0.4, -0.2) is 66.5 Å². The van der Waals surface area contributed by atoms with Crippen molar-refractivity contribution in [2.24, 2.45) is 0 Å². The summed E-state index contributed by atoms with van der Waals surface area (Å²) in [5.41, 5.74) is 2.83. The molecule has 0 radical (unpaired) electrons. The quantitative estimate of drug-likeness (QED) is 0.590. The van der Waals surface area contributed by atoms with Gasteiger partial charge in [0.15, 0.2) is 5.82 Å². The molecule has 2 bridgehead atoms. The van der Waals surface area contributed by atoms with Crippen LogP contribution in [0.25, 0.3) is 5.52 Å². The number of aliphatic hydroxyl groups excluding tert-OH is 2. The van der Waals surface area contributed by atoms with E-state index in [4.69, 9.17) is 0 Å². The van der Waals surface area contributed by atoms with Gasteiger partial charge in [-0.3, -0.25) is 4.79 Å². The van der Waals surface area contributed by atoms with E-state index in [1.807, 2.05) is 11.8 Å². The topological polar surface area (TPSA) is 103 Å². The predicted octanol–water partition coefficient (Wildman–Crippen LogP) is 2.24. The molecule has 2 aromatic heterocycles. The van der Waals surface area contributed by atoms with Crippen LogP contribution < -0.4 is 5.32 Å². The fourth-order valence-corrected chi connectivity index (χ4v) is 4.96. The number of aliphatic hydroxyl groups is 2. The average molecular weight is 424 g/mol. The minimum Gasteiger partial charge on any atom is -0.394 e. The van der Waals surface area contributed by atoms with E-state index in [1.165, 1.54) is 6.33 Å². The SMILES string of the molecule is C=C/C=C(\C=C)[C@@H](CO)Nc1ncnn2cc(C(=O)N3C4CCC3CC(O)C4)c(C)c12. The zero-order valence-electron chi connectivity index (χ0n) is 17.7.